The first-order valence-corrected chi connectivity index (χ1v) is 11.9. The summed E-state index contributed by atoms with van der Waals surface area (Å²) in [6, 6.07) is 10.7. The van der Waals surface area contributed by atoms with E-state index in [1.165, 1.54) is 32.4 Å². The lowest BCUT2D eigenvalue weighted by Gasteiger charge is -2.15. The van der Waals surface area contributed by atoms with E-state index < -0.39 is 27.7 Å². The van der Waals surface area contributed by atoms with E-state index in [0.717, 1.165) is 0 Å². The number of carbonyl (C=O) groups excluding carboxylic acids is 2. The molecule has 2 N–H and O–H groups in total. The molecule has 1 aliphatic heterocycles. The topological polar surface area (TPSA) is 111 Å². The summed E-state index contributed by atoms with van der Waals surface area (Å²) in [6.07, 6.45) is 1.80. The Balaban J connectivity index is 1.89. The molecule has 0 aromatic heterocycles. The van der Waals surface area contributed by atoms with Crippen molar-refractivity contribution in [2.45, 2.75) is 12.5 Å². The van der Waals surface area contributed by atoms with Crippen LogP contribution in [0, 0.1) is 0 Å². The lowest BCUT2D eigenvalue weighted by atomic mass is 10.1. The van der Waals surface area contributed by atoms with E-state index >= 15 is 0 Å². The van der Waals surface area contributed by atoms with E-state index in [4.69, 9.17) is 21.1 Å². The standard InChI is InChI=1S/C22H23ClN2O6S/c1-30-19-8-3-14(12-20(19)31-2)11-18(22(27)24-17-9-10-32(28,29)13-17)25-21(26)15-4-6-16(23)7-5-15/h3-8,11-12,17H,9-10,13H2,1-2H3,(H,24,27)(H,25,26)/b18-11+. The molecule has 1 heterocycles. The van der Waals surface area contributed by atoms with Gasteiger partial charge in [-0.2, -0.15) is 0 Å². The normalized spacial score (nSPS) is 17.5. The summed E-state index contributed by atoms with van der Waals surface area (Å²) in [6.45, 7) is 0. The van der Waals surface area contributed by atoms with Crippen LogP contribution in [0.4, 0.5) is 0 Å². The van der Waals surface area contributed by atoms with Crippen molar-refractivity contribution in [3.8, 4) is 11.5 Å². The van der Waals surface area contributed by atoms with Gasteiger partial charge in [-0.1, -0.05) is 17.7 Å². The van der Waals surface area contributed by atoms with Gasteiger partial charge in [0, 0.05) is 16.6 Å². The zero-order valence-corrected chi connectivity index (χ0v) is 19.1. The second kappa shape index (κ2) is 10.1. The minimum absolute atomic E-state index is 0.0177. The Morgan fingerprint density at radius 2 is 1.75 bits per heavy atom. The van der Waals surface area contributed by atoms with E-state index in [0.29, 0.717) is 34.1 Å². The van der Waals surface area contributed by atoms with Crippen molar-refractivity contribution in [2.24, 2.45) is 0 Å². The van der Waals surface area contributed by atoms with Gasteiger partial charge in [0.15, 0.2) is 21.3 Å². The number of halogens is 1. The fraction of sp³-hybridized carbons (Fsp3) is 0.273. The molecule has 0 aliphatic carbocycles. The van der Waals surface area contributed by atoms with Gasteiger partial charge in [-0.05, 0) is 54.5 Å². The summed E-state index contributed by atoms with van der Waals surface area (Å²) in [7, 11) is -0.181. The molecule has 0 radical (unpaired) electrons. The lowest BCUT2D eigenvalue weighted by Crippen LogP contribution is -2.41. The summed E-state index contributed by atoms with van der Waals surface area (Å²) in [5.41, 5.74) is 0.841. The Hall–Kier alpha value is -3.04. The number of hydrogen-bond acceptors (Lipinski definition) is 6. The van der Waals surface area contributed by atoms with Gasteiger partial charge in [0.25, 0.3) is 11.8 Å². The van der Waals surface area contributed by atoms with E-state index in [9.17, 15) is 18.0 Å². The number of amides is 2. The highest BCUT2D eigenvalue weighted by Crippen LogP contribution is 2.28. The summed E-state index contributed by atoms with van der Waals surface area (Å²) >= 11 is 5.87. The summed E-state index contributed by atoms with van der Waals surface area (Å²) in [5.74, 6) is -0.257. The van der Waals surface area contributed by atoms with Crippen LogP contribution in [0.25, 0.3) is 6.08 Å². The fourth-order valence-electron chi connectivity index (χ4n) is 3.24. The Labute approximate surface area is 191 Å². The molecule has 1 aliphatic rings. The SMILES string of the molecule is COc1ccc(/C=C(/NC(=O)c2ccc(Cl)cc2)C(=O)NC2CCS(=O)(=O)C2)cc1OC. The number of nitrogens with one attached hydrogen (secondary N) is 2. The fourth-order valence-corrected chi connectivity index (χ4v) is 5.03. The van der Waals surface area contributed by atoms with Gasteiger partial charge >= 0.3 is 0 Å². The Bertz CT molecular complexity index is 1150. The van der Waals surface area contributed by atoms with Crippen molar-refractivity contribution >= 4 is 39.3 Å². The molecule has 1 atom stereocenters. The van der Waals surface area contributed by atoms with Crippen LogP contribution in [-0.2, 0) is 14.6 Å². The number of ether oxygens (including phenoxy) is 2. The zero-order chi connectivity index (χ0) is 23.3. The molecule has 8 nitrogen and oxygen atoms in total. The third kappa shape index (κ3) is 6.02. The van der Waals surface area contributed by atoms with Crippen LogP contribution >= 0.6 is 11.6 Å². The number of hydrogen-bond donors (Lipinski definition) is 2. The second-order valence-corrected chi connectivity index (χ2v) is 9.87. The highest BCUT2D eigenvalue weighted by molar-refractivity contribution is 7.91. The van der Waals surface area contributed by atoms with E-state index in [1.807, 2.05) is 0 Å². The number of rotatable bonds is 7. The third-order valence-electron chi connectivity index (χ3n) is 4.89. The first-order chi connectivity index (χ1) is 15.2. The monoisotopic (exact) mass is 478 g/mol. The molecule has 1 unspecified atom stereocenters. The van der Waals surface area contributed by atoms with Crippen molar-refractivity contribution in [3.63, 3.8) is 0 Å². The highest BCUT2D eigenvalue weighted by atomic mass is 35.5. The quantitative estimate of drug-likeness (QED) is 0.591. The number of carbonyl (C=O) groups is 2. The molecule has 1 fully saturated rings. The van der Waals surface area contributed by atoms with E-state index in [-0.39, 0.29) is 17.2 Å². The Morgan fingerprint density at radius 1 is 1.06 bits per heavy atom. The number of sulfone groups is 1. The second-order valence-electron chi connectivity index (χ2n) is 7.21. The van der Waals surface area contributed by atoms with Gasteiger partial charge in [0.05, 0.1) is 25.7 Å². The maximum absolute atomic E-state index is 12.9. The van der Waals surface area contributed by atoms with E-state index in [1.54, 1.807) is 30.3 Å². The maximum Gasteiger partial charge on any atom is 0.268 e. The van der Waals surface area contributed by atoms with Gasteiger partial charge in [0.2, 0.25) is 0 Å². The third-order valence-corrected chi connectivity index (χ3v) is 6.91. The van der Waals surface area contributed by atoms with Crippen molar-refractivity contribution in [1.29, 1.82) is 0 Å². The zero-order valence-electron chi connectivity index (χ0n) is 17.6. The highest BCUT2D eigenvalue weighted by Gasteiger charge is 2.30. The van der Waals surface area contributed by atoms with Gasteiger partial charge in [-0.15, -0.1) is 0 Å². The molecule has 3 rings (SSSR count). The smallest absolute Gasteiger partial charge is 0.268 e. The summed E-state index contributed by atoms with van der Waals surface area (Å²) < 4.78 is 34.0. The first-order valence-electron chi connectivity index (χ1n) is 9.72. The molecule has 2 amide bonds. The average molecular weight is 479 g/mol. The predicted molar refractivity (Wildman–Crippen MR) is 122 cm³/mol. The molecular weight excluding hydrogens is 456 g/mol. The molecule has 0 saturated carbocycles. The van der Waals surface area contributed by atoms with Gasteiger partial charge in [-0.25, -0.2) is 8.42 Å². The largest absolute Gasteiger partial charge is 0.493 e. The number of benzene rings is 2. The van der Waals surface area contributed by atoms with Gasteiger partial charge in [0.1, 0.15) is 5.70 Å². The van der Waals surface area contributed by atoms with Crippen molar-refractivity contribution in [2.75, 3.05) is 25.7 Å². The Kier molecular flexibility index (Phi) is 7.42. The minimum Gasteiger partial charge on any atom is -0.493 e. The molecule has 2 aromatic carbocycles. The number of methoxy groups -OCH3 is 2. The van der Waals surface area contributed by atoms with Crippen LogP contribution in [0.5, 0.6) is 11.5 Å². The molecule has 32 heavy (non-hydrogen) atoms. The maximum atomic E-state index is 12.9. The van der Waals surface area contributed by atoms with Crippen LogP contribution in [0.2, 0.25) is 5.02 Å². The molecule has 0 bridgehead atoms. The minimum atomic E-state index is -3.18. The van der Waals surface area contributed by atoms with Gasteiger partial charge in [-0.3, -0.25) is 9.59 Å². The molecule has 0 spiro atoms. The summed E-state index contributed by atoms with van der Waals surface area (Å²) in [4.78, 5) is 25.7. The molecule has 170 valence electrons. The van der Waals surface area contributed by atoms with Crippen molar-refractivity contribution in [1.82, 2.24) is 10.6 Å². The molecule has 1 saturated heterocycles. The lowest BCUT2D eigenvalue weighted by molar-refractivity contribution is -0.118. The van der Waals surface area contributed by atoms with Crippen LogP contribution in [0.1, 0.15) is 22.3 Å². The average Bonchev–Trinajstić information content (AvgIpc) is 3.11. The first kappa shape index (κ1) is 23.6. The molecular formula is C22H23ClN2O6S. The van der Waals surface area contributed by atoms with E-state index in [2.05, 4.69) is 10.6 Å². The van der Waals surface area contributed by atoms with Crippen LogP contribution < -0.4 is 20.1 Å². The van der Waals surface area contributed by atoms with Gasteiger partial charge < -0.3 is 20.1 Å². The van der Waals surface area contributed by atoms with Crippen LogP contribution in [0.15, 0.2) is 48.2 Å². The molecule has 10 heteroatoms. The predicted octanol–water partition coefficient (Wildman–Crippen LogP) is 2.43. The molecule has 2 aromatic rings. The van der Waals surface area contributed by atoms with Crippen LogP contribution in [-0.4, -0.2) is 52.0 Å². The summed E-state index contributed by atoms with van der Waals surface area (Å²) in [5, 5.41) is 5.78. The Morgan fingerprint density at radius 3 is 2.34 bits per heavy atom. The van der Waals surface area contributed by atoms with Crippen molar-refractivity contribution in [3.05, 3.63) is 64.3 Å². The van der Waals surface area contributed by atoms with Crippen molar-refractivity contribution < 1.29 is 27.5 Å². The van der Waals surface area contributed by atoms with Crippen LogP contribution in [0.3, 0.4) is 0 Å².